The molecule has 2 N–H and O–H groups in total. The summed E-state index contributed by atoms with van der Waals surface area (Å²) in [7, 11) is 1.74. The maximum atomic E-state index is 12.3. The molecule has 1 aliphatic carbocycles. The topological polar surface area (TPSA) is 88.5 Å². The zero-order chi connectivity index (χ0) is 18.4. The van der Waals surface area contributed by atoms with Gasteiger partial charge in [-0.3, -0.25) is 19.2 Å². The van der Waals surface area contributed by atoms with Crippen LogP contribution in [-0.2, 0) is 16.6 Å². The van der Waals surface area contributed by atoms with Crippen molar-refractivity contribution >= 4 is 17.6 Å². The molecule has 1 aromatic rings. The Morgan fingerprint density at radius 1 is 1.27 bits per heavy atom. The van der Waals surface area contributed by atoms with Gasteiger partial charge in [0.25, 0.3) is 5.91 Å². The largest absolute Gasteiger partial charge is 0.379 e. The number of hydrogen-bond acceptors (Lipinski definition) is 5. The second-order valence-electron chi connectivity index (χ2n) is 7.07. The number of nitrogens with one attached hydrogen (secondary N) is 2. The van der Waals surface area contributed by atoms with E-state index in [1.54, 1.807) is 17.8 Å². The predicted octanol–water partition coefficient (Wildman–Crippen LogP) is 1.00. The van der Waals surface area contributed by atoms with E-state index in [-0.39, 0.29) is 17.7 Å². The maximum absolute atomic E-state index is 12.3. The van der Waals surface area contributed by atoms with E-state index in [9.17, 15) is 9.59 Å². The highest BCUT2D eigenvalue weighted by molar-refractivity contribution is 5.96. The molecule has 1 aromatic heterocycles. The van der Waals surface area contributed by atoms with Crippen molar-refractivity contribution in [2.45, 2.75) is 32.1 Å². The Bertz CT molecular complexity index is 618. The van der Waals surface area contributed by atoms with Crippen molar-refractivity contribution in [3.63, 3.8) is 0 Å². The zero-order valence-electron chi connectivity index (χ0n) is 15.5. The number of carbonyl (C=O) groups excluding carboxylic acids is 2. The highest BCUT2D eigenvalue weighted by Crippen LogP contribution is 2.26. The molecule has 0 radical (unpaired) electrons. The van der Waals surface area contributed by atoms with Gasteiger partial charge in [-0.05, 0) is 25.8 Å². The third-order valence-electron chi connectivity index (χ3n) is 5.13. The van der Waals surface area contributed by atoms with Crippen molar-refractivity contribution in [2.75, 3.05) is 44.7 Å². The molecule has 2 fully saturated rings. The summed E-state index contributed by atoms with van der Waals surface area (Å²) in [5.41, 5.74) is 0.334. The van der Waals surface area contributed by atoms with Crippen molar-refractivity contribution < 1.29 is 14.3 Å². The van der Waals surface area contributed by atoms with Crippen LogP contribution in [0.15, 0.2) is 6.07 Å². The van der Waals surface area contributed by atoms with Gasteiger partial charge in [0.2, 0.25) is 5.91 Å². The van der Waals surface area contributed by atoms with Gasteiger partial charge in [-0.25, -0.2) is 0 Å². The van der Waals surface area contributed by atoms with E-state index in [1.165, 1.54) is 0 Å². The first-order valence-corrected chi connectivity index (χ1v) is 9.56. The van der Waals surface area contributed by atoms with Gasteiger partial charge in [-0.2, -0.15) is 5.10 Å². The van der Waals surface area contributed by atoms with Crippen molar-refractivity contribution in [1.29, 1.82) is 0 Å². The van der Waals surface area contributed by atoms with Crippen molar-refractivity contribution in [3.05, 3.63) is 11.8 Å². The van der Waals surface area contributed by atoms with Gasteiger partial charge in [0, 0.05) is 38.7 Å². The average molecular weight is 363 g/mol. The van der Waals surface area contributed by atoms with E-state index < -0.39 is 0 Å². The first-order chi connectivity index (χ1) is 12.6. The van der Waals surface area contributed by atoms with Crippen LogP contribution in [0.2, 0.25) is 0 Å². The maximum Gasteiger partial charge on any atom is 0.271 e. The number of nitrogens with zero attached hydrogens (tertiary/aromatic N) is 3. The molecule has 1 saturated carbocycles. The predicted molar refractivity (Wildman–Crippen MR) is 98.0 cm³/mol. The average Bonchev–Trinajstić information content (AvgIpc) is 3.30. The lowest BCUT2D eigenvalue weighted by atomic mass is 10.1. The number of aryl methyl sites for hydroxylation is 1. The summed E-state index contributed by atoms with van der Waals surface area (Å²) >= 11 is 0. The highest BCUT2D eigenvalue weighted by Gasteiger charge is 2.24. The van der Waals surface area contributed by atoms with E-state index in [0.29, 0.717) is 18.1 Å². The SMILES string of the molecule is Cn1nc(C(=O)NCCCN2CCOCC2)cc1NC(=O)C1CCCC1. The van der Waals surface area contributed by atoms with E-state index in [4.69, 9.17) is 4.74 Å². The molecule has 8 heteroatoms. The van der Waals surface area contributed by atoms with Gasteiger partial charge in [0.1, 0.15) is 5.82 Å². The summed E-state index contributed by atoms with van der Waals surface area (Å²) in [5.74, 6) is 0.481. The Morgan fingerprint density at radius 2 is 2.00 bits per heavy atom. The van der Waals surface area contributed by atoms with Gasteiger partial charge in [0.15, 0.2) is 5.69 Å². The molecule has 8 nitrogen and oxygen atoms in total. The fourth-order valence-corrected chi connectivity index (χ4v) is 3.53. The van der Waals surface area contributed by atoms with E-state index in [2.05, 4.69) is 20.6 Å². The molecule has 2 heterocycles. The number of anilines is 1. The molecule has 0 aromatic carbocycles. The Labute approximate surface area is 154 Å². The number of rotatable bonds is 7. The Morgan fingerprint density at radius 3 is 2.73 bits per heavy atom. The molecule has 0 spiro atoms. The smallest absolute Gasteiger partial charge is 0.271 e. The van der Waals surface area contributed by atoms with E-state index in [0.717, 1.165) is 65.0 Å². The fourth-order valence-electron chi connectivity index (χ4n) is 3.53. The van der Waals surface area contributed by atoms with Crippen LogP contribution in [0.3, 0.4) is 0 Å². The second kappa shape index (κ2) is 9.14. The van der Waals surface area contributed by atoms with E-state index >= 15 is 0 Å². The second-order valence-corrected chi connectivity index (χ2v) is 7.07. The quantitative estimate of drug-likeness (QED) is 0.706. The minimum atomic E-state index is -0.205. The van der Waals surface area contributed by atoms with Crippen LogP contribution >= 0.6 is 0 Å². The number of ether oxygens (including phenoxy) is 1. The van der Waals surface area contributed by atoms with Crippen LogP contribution in [0.1, 0.15) is 42.6 Å². The number of morpholine rings is 1. The molecule has 2 amide bonds. The monoisotopic (exact) mass is 363 g/mol. The molecular weight excluding hydrogens is 334 g/mol. The Hall–Kier alpha value is -1.93. The summed E-state index contributed by atoms with van der Waals surface area (Å²) in [6, 6.07) is 1.64. The van der Waals surface area contributed by atoms with Gasteiger partial charge in [-0.15, -0.1) is 0 Å². The third kappa shape index (κ3) is 5.04. The normalized spacial score (nSPS) is 18.8. The standard InChI is InChI=1S/C18H29N5O3/c1-22-16(20-17(24)14-5-2-3-6-14)13-15(21-22)18(25)19-7-4-8-23-9-11-26-12-10-23/h13-14H,2-12H2,1H3,(H,19,25)(H,20,24). The third-order valence-corrected chi connectivity index (χ3v) is 5.13. The minimum Gasteiger partial charge on any atom is -0.379 e. The van der Waals surface area contributed by atoms with Crippen molar-refractivity contribution in [3.8, 4) is 0 Å². The first kappa shape index (κ1) is 18.8. The number of aromatic nitrogens is 2. The molecular formula is C18H29N5O3. The van der Waals surface area contributed by atoms with Crippen LogP contribution in [0, 0.1) is 5.92 Å². The van der Waals surface area contributed by atoms with Crippen LogP contribution in [0.4, 0.5) is 5.82 Å². The zero-order valence-corrected chi connectivity index (χ0v) is 15.5. The molecule has 3 rings (SSSR count). The lowest BCUT2D eigenvalue weighted by molar-refractivity contribution is -0.119. The summed E-state index contributed by atoms with van der Waals surface area (Å²) in [6.07, 6.45) is 5.01. The van der Waals surface area contributed by atoms with E-state index in [1.807, 2.05) is 0 Å². The minimum absolute atomic E-state index is 0.0305. The molecule has 0 unspecified atom stereocenters. The molecule has 0 bridgehead atoms. The summed E-state index contributed by atoms with van der Waals surface area (Å²) < 4.78 is 6.87. The number of amides is 2. The van der Waals surface area contributed by atoms with Gasteiger partial charge < -0.3 is 15.4 Å². The van der Waals surface area contributed by atoms with Gasteiger partial charge in [0.05, 0.1) is 13.2 Å². The van der Waals surface area contributed by atoms with Crippen LogP contribution in [-0.4, -0.2) is 65.9 Å². The fraction of sp³-hybridized carbons (Fsp3) is 0.722. The molecule has 2 aliphatic rings. The Kier molecular flexibility index (Phi) is 6.62. The van der Waals surface area contributed by atoms with Gasteiger partial charge >= 0.3 is 0 Å². The summed E-state index contributed by atoms with van der Waals surface area (Å²) in [5, 5.41) is 10.0. The number of carbonyl (C=O) groups is 2. The molecule has 1 saturated heterocycles. The first-order valence-electron chi connectivity index (χ1n) is 9.56. The highest BCUT2D eigenvalue weighted by atomic mass is 16.5. The molecule has 144 valence electrons. The molecule has 0 atom stereocenters. The molecule has 26 heavy (non-hydrogen) atoms. The van der Waals surface area contributed by atoms with Gasteiger partial charge in [-0.1, -0.05) is 12.8 Å². The lowest BCUT2D eigenvalue weighted by Gasteiger charge is -2.26. The Balaban J connectivity index is 1.43. The van der Waals surface area contributed by atoms with Crippen molar-refractivity contribution in [1.82, 2.24) is 20.0 Å². The van der Waals surface area contributed by atoms with Crippen LogP contribution in [0.25, 0.3) is 0 Å². The lowest BCUT2D eigenvalue weighted by Crippen LogP contribution is -2.38. The number of hydrogen-bond donors (Lipinski definition) is 2. The van der Waals surface area contributed by atoms with Crippen molar-refractivity contribution in [2.24, 2.45) is 13.0 Å². The van der Waals surface area contributed by atoms with Crippen LogP contribution in [0.5, 0.6) is 0 Å². The summed E-state index contributed by atoms with van der Waals surface area (Å²) in [6.45, 7) is 5.05. The summed E-state index contributed by atoms with van der Waals surface area (Å²) in [4.78, 5) is 26.9. The molecule has 1 aliphatic heterocycles. The van der Waals surface area contributed by atoms with Crippen LogP contribution < -0.4 is 10.6 Å².